The number of hydrogen-bond acceptors (Lipinski definition) is 5. The fraction of sp³-hybridized carbons (Fsp3) is 0.333. The van der Waals surface area contributed by atoms with Crippen molar-refractivity contribution < 1.29 is 27.1 Å². The number of urea groups is 1. The Hall–Kier alpha value is -3.40. The van der Waals surface area contributed by atoms with Crippen LogP contribution >= 0.6 is 0 Å². The number of anilines is 2. The summed E-state index contributed by atoms with van der Waals surface area (Å²) in [5.41, 5.74) is 1.88. The van der Waals surface area contributed by atoms with Crippen LogP contribution in [0.15, 0.2) is 36.4 Å². The number of carbonyl (C=O) groups excluding carboxylic acids is 2. The molecule has 0 aliphatic carbocycles. The number of methoxy groups -OCH3 is 1. The van der Waals surface area contributed by atoms with E-state index in [2.05, 4.69) is 10.0 Å². The van der Waals surface area contributed by atoms with Gasteiger partial charge in [-0.2, -0.15) is 0 Å². The SMILES string of the molecule is COc1c(/C=C(/F)c2ccc(NS(C)(=O)=O)cc2)cc(N2CCC(=O)NC2=O)cc1C(C)(C)C. The van der Waals surface area contributed by atoms with Gasteiger partial charge in [0.1, 0.15) is 11.6 Å². The number of hydrogen-bond donors (Lipinski definition) is 2. The highest BCUT2D eigenvalue weighted by molar-refractivity contribution is 7.92. The van der Waals surface area contributed by atoms with E-state index < -0.39 is 21.9 Å². The van der Waals surface area contributed by atoms with E-state index >= 15 is 4.39 Å². The van der Waals surface area contributed by atoms with E-state index in [-0.39, 0.29) is 29.9 Å². The fourth-order valence-corrected chi connectivity index (χ4v) is 4.19. The van der Waals surface area contributed by atoms with Crippen LogP contribution in [0.2, 0.25) is 0 Å². The van der Waals surface area contributed by atoms with Gasteiger partial charge in [-0.15, -0.1) is 0 Å². The Morgan fingerprint density at radius 3 is 2.35 bits per heavy atom. The van der Waals surface area contributed by atoms with Gasteiger partial charge in [0.05, 0.1) is 13.4 Å². The van der Waals surface area contributed by atoms with Gasteiger partial charge < -0.3 is 4.74 Å². The second-order valence-electron chi connectivity index (χ2n) is 9.06. The van der Waals surface area contributed by atoms with Crippen molar-refractivity contribution in [3.8, 4) is 5.75 Å². The molecule has 10 heteroatoms. The molecule has 1 fully saturated rings. The average Bonchev–Trinajstić information content (AvgIpc) is 2.72. The Balaban J connectivity index is 2.07. The molecule has 0 aromatic heterocycles. The molecule has 2 aromatic carbocycles. The Morgan fingerprint density at radius 2 is 1.82 bits per heavy atom. The van der Waals surface area contributed by atoms with Gasteiger partial charge in [-0.1, -0.05) is 20.8 Å². The number of amides is 3. The lowest BCUT2D eigenvalue weighted by Crippen LogP contribution is -2.49. The minimum atomic E-state index is -3.44. The van der Waals surface area contributed by atoms with E-state index in [1.165, 1.54) is 42.4 Å². The molecular weight excluding hydrogens is 461 g/mol. The summed E-state index contributed by atoms with van der Waals surface area (Å²) in [6.45, 7) is 6.14. The number of ether oxygens (including phenoxy) is 1. The zero-order valence-corrected chi connectivity index (χ0v) is 20.5. The molecule has 1 aliphatic rings. The molecule has 3 amide bonds. The average molecular weight is 490 g/mol. The first-order valence-corrected chi connectivity index (χ1v) is 12.5. The van der Waals surface area contributed by atoms with Crippen molar-refractivity contribution in [2.45, 2.75) is 32.6 Å². The lowest BCUT2D eigenvalue weighted by atomic mass is 9.84. The number of imide groups is 1. The molecule has 182 valence electrons. The van der Waals surface area contributed by atoms with Crippen LogP contribution in [0.1, 0.15) is 43.9 Å². The fourth-order valence-electron chi connectivity index (χ4n) is 3.63. The Labute approximate surface area is 198 Å². The third-order valence-corrected chi connectivity index (χ3v) is 5.83. The molecule has 0 unspecified atom stereocenters. The van der Waals surface area contributed by atoms with Gasteiger partial charge in [-0.25, -0.2) is 17.6 Å². The van der Waals surface area contributed by atoms with Crippen LogP contribution in [0.25, 0.3) is 11.9 Å². The zero-order valence-electron chi connectivity index (χ0n) is 19.7. The van der Waals surface area contributed by atoms with Gasteiger partial charge in [-0.05, 0) is 47.9 Å². The molecular formula is C24H28FN3O5S. The van der Waals surface area contributed by atoms with Gasteiger partial charge in [0.2, 0.25) is 15.9 Å². The maximum atomic E-state index is 15.3. The molecule has 2 N–H and O–H groups in total. The maximum absolute atomic E-state index is 15.3. The summed E-state index contributed by atoms with van der Waals surface area (Å²) >= 11 is 0. The van der Waals surface area contributed by atoms with Crippen LogP contribution in [0, 0.1) is 0 Å². The minimum absolute atomic E-state index is 0.163. The van der Waals surface area contributed by atoms with Crippen LogP contribution in [-0.2, 0) is 20.2 Å². The summed E-state index contributed by atoms with van der Waals surface area (Å²) < 4.78 is 46.0. The van der Waals surface area contributed by atoms with Crippen LogP contribution in [0.4, 0.5) is 20.6 Å². The standard InChI is InChI=1S/C24H28FN3O5S/c1-24(2,3)19-14-18(28-11-10-21(29)26-23(28)30)12-16(22(19)33-4)13-20(25)15-6-8-17(9-7-15)27-34(5,31)32/h6-9,12-14,27H,10-11H2,1-5H3,(H,26,29,30)/b20-13+. The normalized spacial score (nSPS) is 15.2. The van der Waals surface area contributed by atoms with E-state index in [1.54, 1.807) is 6.07 Å². The highest BCUT2D eigenvalue weighted by Gasteiger charge is 2.28. The van der Waals surface area contributed by atoms with Crippen molar-refractivity contribution in [3.63, 3.8) is 0 Å². The molecule has 34 heavy (non-hydrogen) atoms. The molecule has 0 spiro atoms. The molecule has 1 aliphatic heterocycles. The summed E-state index contributed by atoms with van der Waals surface area (Å²) in [7, 11) is -1.95. The largest absolute Gasteiger partial charge is 0.496 e. The first-order chi connectivity index (χ1) is 15.8. The van der Waals surface area contributed by atoms with Crippen LogP contribution < -0.4 is 19.7 Å². The van der Waals surface area contributed by atoms with Gasteiger partial charge in [-0.3, -0.25) is 19.7 Å². The lowest BCUT2D eigenvalue weighted by molar-refractivity contribution is -0.120. The molecule has 0 atom stereocenters. The summed E-state index contributed by atoms with van der Waals surface area (Å²) in [5, 5.41) is 2.30. The number of rotatable bonds is 6. The molecule has 1 saturated heterocycles. The third kappa shape index (κ3) is 5.93. The second kappa shape index (κ2) is 9.46. The number of halogens is 1. The quantitative estimate of drug-likeness (QED) is 0.590. The number of sulfonamides is 1. The maximum Gasteiger partial charge on any atom is 0.328 e. The molecule has 1 heterocycles. The summed E-state index contributed by atoms with van der Waals surface area (Å²) in [6, 6.07) is 8.78. The smallest absolute Gasteiger partial charge is 0.328 e. The Morgan fingerprint density at radius 1 is 1.18 bits per heavy atom. The lowest BCUT2D eigenvalue weighted by Gasteiger charge is -2.30. The predicted molar refractivity (Wildman–Crippen MR) is 131 cm³/mol. The molecule has 8 nitrogen and oxygen atoms in total. The van der Waals surface area contributed by atoms with Gasteiger partial charge in [0.25, 0.3) is 0 Å². The van der Waals surface area contributed by atoms with Gasteiger partial charge in [0.15, 0.2) is 0 Å². The molecule has 2 aromatic rings. The van der Waals surface area contributed by atoms with E-state index in [4.69, 9.17) is 4.74 Å². The number of nitrogens with zero attached hydrogens (tertiary/aromatic N) is 1. The van der Waals surface area contributed by atoms with Crippen molar-refractivity contribution >= 4 is 45.2 Å². The highest BCUT2D eigenvalue weighted by Crippen LogP contribution is 2.40. The van der Waals surface area contributed by atoms with E-state index in [1.807, 2.05) is 26.8 Å². The van der Waals surface area contributed by atoms with E-state index in [9.17, 15) is 18.0 Å². The summed E-state index contributed by atoms with van der Waals surface area (Å²) in [6.07, 6.45) is 2.51. The van der Waals surface area contributed by atoms with E-state index in [0.29, 0.717) is 22.7 Å². The van der Waals surface area contributed by atoms with Crippen LogP contribution in [0.3, 0.4) is 0 Å². The van der Waals surface area contributed by atoms with Gasteiger partial charge in [0, 0.05) is 41.0 Å². The van der Waals surface area contributed by atoms with Crippen molar-refractivity contribution in [2.24, 2.45) is 0 Å². The predicted octanol–water partition coefficient (Wildman–Crippen LogP) is 4.28. The van der Waals surface area contributed by atoms with Gasteiger partial charge >= 0.3 is 6.03 Å². The van der Waals surface area contributed by atoms with Crippen molar-refractivity contribution in [2.75, 3.05) is 29.5 Å². The minimum Gasteiger partial charge on any atom is -0.496 e. The summed E-state index contributed by atoms with van der Waals surface area (Å²) in [5.74, 6) is -0.444. The first-order valence-electron chi connectivity index (χ1n) is 10.6. The van der Waals surface area contributed by atoms with Crippen molar-refractivity contribution in [1.29, 1.82) is 0 Å². The monoisotopic (exact) mass is 489 g/mol. The zero-order chi connectivity index (χ0) is 25.3. The highest BCUT2D eigenvalue weighted by atomic mass is 32.2. The first kappa shape index (κ1) is 25.2. The topological polar surface area (TPSA) is 105 Å². The molecule has 0 radical (unpaired) electrons. The Bertz CT molecular complexity index is 1250. The van der Waals surface area contributed by atoms with Crippen molar-refractivity contribution in [3.05, 3.63) is 53.1 Å². The second-order valence-corrected chi connectivity index (χ2v) is 10.8. The number of carbonyl (C=O) groups is 2. The third-order valence-electron chi connectivity index (χ3n) is 5.23. The van der Waals surface area contributed by atoms with Crippen LogP contribution in [0.5, 0.6) is 5.75 Å². The van der Waals surface area contributed by atoms with E-state index in [0.717, 1.165) is 11.8 Å². The van der Waals surface area contributed by atoms with Crippen molar-refractivity contribution in [1.82, 2.24) is 5.32 Å². The molecule has 3 rings (SSSR count). The molecule has 0 saturated carbocycles. The Kier molecular flexibility index (Phi) is 7.02. The number of nitrogens with one attached hydrogen (secondary N) is 2. The number of benzene rings is 2. The summed E-state index contributed by atoms with van der Waals surface area (Å²) in [4.78, 5) is 25.4. The molecule has 0 bridgehead atoms. The van der Waals surface area contributed by atoms with Crippen LogP contribution in [-0.4, -0.2) is 40.3 Å².